The second kappa shape index (κ2) is 13.6. The van der Waals surface area contributed by atoms with E-state index in [0.717, 1.165) is 16.7 Å². The topological polar surface area (TPSA) is 114 Å². The molecule has 218 valence electrons. The van der Waals surface area contributed by atoms with E-state index in [2.05, 4.69) is 21.0 Å². The number of nitrogens with one attached hydrogen (secondary N) is 3. The Morgan fingerprint density at radius 2 is 1.33 bits per heavy atom. The molecule has 1 atom stereocenters. The van der Waals surface area contributed by atoms with Crippen LogP contribution in [-0.4, -0.2) is 45.9 Å². The van der Waals surface area contributed by atoms with Crippen molar-refractivity contribution in [2.24, 2.45) is 0 Å². The molecule has 3 amide bonds. The standard InChI is InChI=1S/C33H37N5O4/c1-32(2,3)42-31(41)36-28(30(40)34-21-23-38-22-13-20-35-38)24-29(39)37-33(25-14-7-4-8-15-25,26-16-9-5-10-17-26)27-18-11-6-12-19-27/h4-20,22,28H,21,23-24H2,1-3H3,(H,34,40)(H,36,41)(H,37,39)/t28-/m1/s1. The van der Waals surface area contributed by atoms with Gasteiger partial charge in [0, 0.05) is 18.9 Å². The fraction of sp³-hybridized carbons (Fsp3) is 0.273. The van der Waals surface area contributed by atoms with E-state index in [1.54, 1.807) is 43.9 Å². The second-order valence-electron chi connectivity index (χ2n) is 10.9. The maximum absolute atomic E-state index is 13.9. The van der Waals surface area contributed by atoms with E-state index >= 15 is 0 Å². The first kappa shape index (κ1) is 30.0. The fourth-order valence-electron chi connectivity index (χ4n) is 4.74. The average Bonchev–Trinajstić information content (AvgIpc) is 3.49. The Balaban J connectivity index is 1.63. The number of hydrogen-bond donors (Lipinski definition) is 3. The van der Waals surface area contributed by atoms with E-state index in [9.17, 15) is 14.4 Å². The number of nitrogens with zero attached hydrogens (tertiary/aromatic N) is 2. The van der Waals surface area contributed by atoms with Crippen molar-refractivity contribution in [1.82, 2.24) is 25.7 Å². The lowest BCUT2D eigenvalue weighted by atomic mass is 9.77. The predicted octanol–water partition coefficient (Wildman–Crippen LogP) is 4.39. The molecule has 0 aliphatic heterocycles. The van der Waals surface area contributed by atoms with Crippen molar-refractivity contribution in [1.29, 1.82) is 0 Å². The number of amides is 3. The number of rotatable bonds is 11. The minimum absolute atomic E-state index is 0.261. The summed E-state index contributed by atoms with van der Waals surface area (Å²) in [5.74, 6) is -0.942. The molecule has 0 bridgehead atoms. The molecule has 0 saturated carbocycles. The molecule has 0 aliphatic rings. The Labute approximate surface area is 246 Å². The van der Waals surface area contributed by atoms with Gasteiger partial charge in [0.15, 0.2) is 0 Å². The first-order chi connectivity index (χ1) is 20.2. The minimum atomic E-state index is -1.18. The zero-order valence-corrected chi connectivity index (χ0v) is 24.1. The Morgan fingerprint density at radius 3 is 1.79 bits per heavy atom. The zero-order chi connectivity index (χ0) is 30.0. The van der Waals surface area contributed by atoms with Crippen LogP contribution in [0.3, 0.4) is 0 Å². The second-order valence-corrected chi connectivity index (χ2v) is 10.9. The number of aromatic nitrogens is 2. The molecule has 3 N–H and O–H groups in total. The highest BCUT2D eigenvalue weighted by molar-refractivity contribution is 5.91. The van der Waals surface area contributed by atoms with Gasteiger partial charge in [0.1, 0.15) is 17.2 Å². The van der Waals surface area contributed by atoms with Crippen LogP contribution in [0.15, 0.2) is 109 Å². The summed E-state index contributed by atoms with van der Waals surface area (Å²) in [6.07, 6.45) is 2.33. The first-order valence-electron chi connectivity index (χ1n) is 13.9. The van der Waals surface area contributed by atoms with Crippen molar-refractivity contribution in [3.05, 3.63) is 126 Å². The Kier molecular flexibility index (Phi) is 9.75. The van der Waals surface area contributed by atoms with Gasteiger partial charge in [-0.3, -0.25) is 14.3 Å². The summed E-state index contributed by atoms with van der Waals surface area (Å²) in [6.45, 7) is 5.88. The van der Waals surface area contributed by atoms with E-state index in [4.69, 9.17) is 4.74 Å². The number of benzene rings is 3. The first-order valence-corrected chi connectivity index (χ1v) is 13.9. The third kappa shape index (κ3) is 7.84. The quantitative estimate of drug-likeness (QED) is 0.233. The van der Waals surface area contributed by atoms with Crippen LogP contribution in [0, 0.1) is 0 Å². The number of hydrogen-bond acceptors (Lipinski definition) is 5. The maximum atomic E-state index is 13.9. The van der Waals surface area contributed by atoms with Crippen LogP contribution in [0.2, 0.25) is 0 Å². The monoisotopic (exact) mass is 567 g/mol. The third-order valence-electron chi connectivity index (χ3n) is 6.54. The average molecular weight is 568 g/mol. The molecule has 3 aromatic carbocycles. The molecule has 42 heavy (non-hydrogen) atoms. The number of carbonyl (C=O) groups excluding carboxylic acids is 3. The van der Waals surface area contributed by atoms with Gasteiger partial charge in [0.25, 0.3) is 0 Å². The van der Waals surface area contributed by atoms with Crippen molar-refractivity contribution in [3.63, 3.8) is 0 Å². The van der Waals surface area contributed by atoms with Gasteiger partial charge in [-0.05, 0) is 43.5 Å². The molecular weight excluding hydrogens is 530 g/mol. The van der Waals surface area contributed by atoms with Gasteiger partial charge in [-0.1, -0.05) is 91.0 Å². The molecule has 0 radical (unpaired) electrons. The minimum Gasteiger partial charge on any atom is -0.444 e. The van der Waals surface area contributed by atoms with Gasteiger partial charge in [0.2, 0.25) is 11.8 Å². The lowest BCUT2D eigenvalue weighted by molar-refractivity contribution is -0.129. The van der Waals surface area contributed by atoms with Gasteiger partial charge < -0.3 is 20.7 Å². The summed E-state index contributed by atoms with van der Waals surface area (Å²) in [6, 6.07) is 29.6. The third-order valence-corrected chi connectivity index (χ3v) is 6.54. The molecule has 1 heterocycles. The fourth-order valence-corrected chi connectivity index (χ4v) is 4.74. The summed E-state index contributed by atoms with van der Waals surface area (Å²) in [5, 5.41) is 12.8. The van der Waals surface area contributed by atoms with Crippen LogP contribution in [0.5, 0.6) is 0 Å². The molecule has 1 aromatic heterocycles. The van der Waals surface area contributed by atoms with Gasteiger partial charge in [0.05, 0.1) is 13.0 Å². The number of ether oxygens (including phenoxy) is 1. The smallest absolute Gasteiger partial charge is 0.408 e. The largest absolute Gasteiger partial charge is 0.444 e. The van der Waals surface area contributed by atoms with Crippen LogP contribution in [0.25, 0.3) is 0 Å². The zero-order valence-electron chi connectivity index (χ0n) is 24.1. The summed E-state index contributed by atoms with van der Waals surface area (Å²) in [4.78, 5) is 39.9. The molecule has 9 nitrogen and oxygen atoms in total. The summed E-state index contributed by atoms with van der Waals surface area (Å²) in [5.41, 5.74) is 0.688. The number of carbonyl (C=O) groups is 3. The lowest BCUT2D eigenvalue weighted by Crippen LogP contribution is -2.53. The lowest BCUT2D eigenvalue weighted by Gasteiger charge is -2.37. The normalized spacial score (nSPS) is 12.2. The molecule has 4 rings (SSSR count). The van der Waals surface area contributed by atoms with Gasteiger partial charge in [-0.25, -0.2) is 4.79 Å². The van der Waals surface area contributed by atoms with Crippen LogP contribution < -0.4 is 16.0 Å². The molecule has 0 saturated heterocycles. The van der Waals surface area contributed by atoms with E-state index in [0.29, 0.717) is 6.54 Å². The SMILES string of the molecule is CC(C)(C)OC(=O)N[C@H](CC(=O)NC(c1ccccc1)(c1ccccc1)c1ccccc1)C(=O)NCCn1cccn1. The van der Waals surface area contributed by atoms with Gasteiger partial charge in [-0.2, -0.15) is 5.10 Å². The summed E-state index contributed by atoms with van der Waals surface area (Å²) < 4.78 is 7.07. The molecule has 0 aliphatic carbocycles. The van der Waals surface area contributed by atoms with Crippen molar-refractivity contribution in [2.45, 2.75) is 50.9 Å². The molecule has 0 fully saturated rings. The van der Waals surface area contributed by atoms with E-state index in [1.165, 1.54) is 0 Å². The van der Waals surface area contributed by atoms with E-state index < -0.39 is 35.1 Å². The number of alkyl carbamates (subject to hydrolysis) is 1. The van der Waals surface area contributed by atoms with Crippen molar-refractivity contribution in [2.75, 3.05) is 6.54 Å². The summed E-state index contributed by atoms with van der Waals surface area (Å²) >= 11 is 0. The summed E-state index contributed by atoms with van der Waals surface area (Å²) in [7, 11) is 0. The van der Waals surface area contributed by atoms with Gasteiger partial charge >= 0.3 is 6.09 Å². The Hall–Kier alpha value is -4.92. The van der Waals surface area contributed by atoms with Crippen LogP contribution in [-0.2, 0) is 26.4 Å². The Morgan fingerprint density at radius 1 is 0.810 bits per heavy atom. The highest BCUT2D eigenvalue weighted by Gasteiger charge is 2.39. The van der Waals surface area contributed by atoms with Crippen LogP contribution >= 0.6 is 0 Å². The molecule has 4 aromatic rings. The van der Waals surface area contributed by atoms with Gasteiger partial charge in [-0.15, -0.1) is 0 Å². The van der Waals surface area contributed by atoms with Crippen molar-refractivity contribution >= 4 is 17.9 Å². The van der Waals surface area contributed by atoms with Crippen LogP contribution in [0.1, 0.15) is 43.9 Å². The Bertz CT molecular complexity index is 1340. The highest BCUT2D eigenvalue weighted by atomic mass is 16.6. The predicted molar refractivity (Wildman–Crippen MR) is 160 cm³/mol. The molecule has 0 spiro atoms. The molecular formula is C33H37N5O4. The highest BCUT2D eigenvalue weighted by Crippen LogP contribution is 2.36. The van der Waals surface area contributed by atoms with Crippen LogP contribution in [0.4, 0.5) is 4.79 Å². The molecule has 0 unspecified atom stereocenters. The maximum Gasteiger partial charge on any atom is 0.408 e. The van der Waals surface area contributed by atoms with E-state index in [-0.39, 0.29) is 13.0 Å². The van der Waals surface area contributed by atoms with E-state index in [1.807, 2.05) is 91.0 Å². The van der Waals surface area contributed by atoms with Crippen molar-refractivity contribution in [3.8, 4) is 0 Å². The van der Waals surface area contributed by atoms with Crippen molar-refractivity contribution < 1.29 is 19.1 Å². The molecule has 9 heteroatoms.